The summed E-state index contributed by atoms with van der Waals surface area (Å²) in [5.74, 6) is 0.786. The maximum atomic E-state index is 5.54. The Balaban J connectivity index is 2.02. The first-order valence-corrected chi connectivity index (χ1v) is 6.58. The van der Waals surface area contributed by atoms with Crippen LogP contribution in [-0.4, -0.2) is 26.4 Å². The average molecular weight is 259 g/mol. The van der Waals surface area contributed by atoms with Gasteiger partial charge in [-0.1, -0.05) is 35.6 Å². The van der Waals surface area contributed by atoms with E-state index in [1.807, 2.05) is 19.1 Å². The number of benzene rings is 1. The summed E-state index contributed by atoms with van der Waals surface area (Å²) in [6.45, 7) is 2.63. The van der Waals surface area contributed by atoms with Gasteiger partial charge in [0.2, 0.25) is 4.96 Å². The monoisotopic (exact) mass is 259 g/mol. The molecule has 0 fully saturated rings. The lowest BCUT2D eigenvalue weighted by molar-refractivity contribution is 0.939. The molecule has 0 aliphatic rings. The molecule has 0 unspecified atom stereocenters. The van der Waals surface area contributed by atoms with E-state index in [-0.39, 0.29) is 0 Å². The molecule has 0 saturated carbocycles. The summed E-state index contributed by atoms with van der Waals surface area (Å²) in [6.07, 6.45) is 0.894. The fourth-order valence-electron chi connectivity index (χ4n) is 1.88. The van der Waals surface area contributed by atoms with Gasteiger partial charge in [0.05, 0.1) is 0 Å². The molecule has 2 heterocycles. The molecular formula is C12H13N5S. The Morgan fingerprint density at radius 1 is 1.22 bits per heavy atom. The first-order valence-electron chi connectivity index (χ1n) is 5.76. The van der Waals surface area contributed by atoms with Crippen LogP contribution in [0.4, 0.5) is 0 Å². The van der Waals surface area contributed by atoms with E-state index in [4.69, 9.17) is 5.73 Å². The quantitative estimate of drug-likeness (QED) is 0.776. The Labute approximate surface area is 108 Å². The van der Waals surface area contributed by atoms with Gasteiger partial charge in [-0.3, -0.25) is 0 Å². The fraction of sp³-hybridized carbons (Fsp3) is 0.250. The Hall–Kier alpha value is -1.79. The molecule has 0 aliphatic heterocycles. The molecule has 2 N–H and O–H groups in total. The van der Waals surface area contributed by atoms with Gasteiger partial charge in [-0.05, 0) is 25.5 Å². The largest absolute Gasteiger partial charge is 0.330 e. The van der Waals surface area contributed by atoms with E-state index in [1.165, 1.54) is 5.56 Å². The molecule has 0 aliphatic carbocycles. The topological polar surface area (TPSA) is 69.1 Å². The highest BCUT2D eigenvalue weighted by Crippen LogP contribution is 2.21. The van der Waals surface area contributed by atoms with Crippen molar-refractivity contribution in [1.29, 1.82) is 0 Å². The van der Waals surface area contributed by atoms with Crippen molar-refractivity contribution < 1.29 is 0 Å². The van der Waals surface area contributed by atoms with Gasteiger partial charge in [0.25, 0.3) is 0 Å². The predicted molar refractivity (Wildman–Crippen MR) is 71.6 cm³/mol. The Morgan fingerprint density at radius 2 is 2.00 bits per heavy atom. The van der Waals surface area contributed by atoms with Gasteiger partial charge >= 0.3 is 0 Å². The summed E-state index contributed by atoms with van der Waals surface area (Å²) in [5.41, 5.74) is 7.79. The van der Waals surface area contributed by atoms with Crippen LogP contribution >= 0.6 is 11.3 Å². The van der Waals surface area contributed by atoms with Crippen molar-refractivity contribution in [3.05, 3.63) is 34.8 Å². The number of fused-ring (bicyclic) bond motifs is 1. The molecule has 3 aromatic rings. The zero-order valence-electron chi connectivity index (χ0n) is 10.00. The van der Waals surface area contributed by atoms with Gasteiger partial charge in [0, 0.05) is 5.56 Å². The molecule has 0 radical (unpaired) electrons. The third kappa shape index (κ3) is 1.89. The molecule has 3 rings (SSSR count). The minimum absolute atomic E-state index is 0.666. The molecular weight excluding hydrogens is 246 g/mol. The van der Waals surface area contributed by atoms with Crippen LogP contribution in [0, 0.1) is 6.92 Å². The highest BCUT2D eigenvalue weighted by Gasteiger charge is 2.11. The molecule has 0 bridgehead atoms. The van der Waals surface area contributed by atoms with E-state index >= 15 is 0 Å². The van der Waals surface area contributed by atoms with Crippen LogP contribution < -0.4 is 5.73 Å². The number of hydrogen-bond acceptors (Lipinski definition) is 5. The van der Waals surface area contributed by atoms with Crippen molar-refractivity contribution in [2.75, 3.05) is 6.54 Å². The SMILES string of the molecule is Cc1nn2c(-c3ccc(CCN)cc3)nnc2s1. The summed E-state index contributed by atoms with van der Waals surface area (Å²) in [4.78, 5) is 0.827. The summed E-state index contributed by atoms with van der Waals surface area (Å²) in [5, 5.41) is 13.7. The summed E-state index contributed by atoms with van der Waals surface area (Å²) in [6, 6.07) is 8.22. The number of rotatable bonds is 3. The van der Waals surface area contributed by atoms with E-state index < -0.39 is 0 Å². The Morgan fingerprint density at radius 3 is 2.72 bits per heavy atom. The Kier molecular flexibility index (Phi) is 2.81. The first kappa shape index (κ1) is 11.3. The van der Waals surface area contributed by atoms with Crippen molar-refractivity contribution in [3.63, 3.8) is 0 Å². The van der Waals surface area contributed by atoms with Crippen LogP contribution in [0.5, 0.6) is 0 Å². The van der Waals surface area contributed by atoms with E-state index in [1.54, 1.807) is 15.9 Å². The van der Waals surface area contributed by atoms with Crippen LogP contribution in [0.1, 0.15) is 10.6 Å². The second-order valence-corrected chi connectivity index (χ2v) is 5.23. The number of aromatic nitrogens is 4. The third-order valence-corrected chi connectivity index (χ3v) is 3.55. The minimum Gasteiger partial charge on any atom is -0.330 e. The van der Waals surface area contributed by atoms with Crippen LogP contribution in [0.3, 0.4) is 0 Å². The maximum Gasteiger partial charge on any atom is 0.234 e. The zero-order valence-corrected chi connectivity index (χ0v) is 10.8. The predicted octanol–water partition coefficient (Wildman–Crippen LogP) is 1.66. The van der Waals surface area contributed by atoms with Crippen LogP contribution in [0.2, 0.25) is 0 Å². The lowest BCUT2D eigenvalue weighted by Gasteiger charge is -2.00. The number of hydrogen-bond donors (Lipinski definition) is 1. The molecule has 6 heteroatoms. The molecule has 0 saturated heterocycles. The first-order chi connectivity index (χ1) is 8.78. The second-order valence-electron chi connectivity index (χ2n) is 4.07. The van der Waals surface area contributed by atoms with Crippen LogP contribution in [-0.2, 0) is 6.42 Å². The molecule has 0 atom stereocenters. The summed E-state index contributed by atoms with van der Waals surface area (Å²) >= 11 is 1.54. The lowest BCUT2D eigenvalue weighted by atomic mass is 10.1. The van der Waals surface area contributed by atoms with Gasteiger partial charge in [0.15, 0.2) is 5.82 Å². The van der Waals surface area contributed by atoms with Crippen molar-refractivity contribution in [3.8, 4) is 11.4 Å². The normalized spacial score (nSPS) is 11.2. The molecule has 1 aromatic carbocycles. The van der Waals surface area contributed by atoms with Crippen molar-refractivity contribution in [2.24, 2.45) is 5.73 Å². The fourth-order valence-corrected chi connectivity index (χ4v) is 2.56. The number of nitrogens with zero attached hydrogens (tertiary/aromatic N) is 4. The van der Waals surface area contributed by atoms with Crippen LogP contribution in [0.25, 0.3) is 16.3 Å². The lowest BCUT2D eigenvalue weighted by Crippen LogP contribution is -2.02. The highest BCUT2D eigenvalue weighted by molar-refractivity contribution is 7.16. The van der Waals surface area contributed by atoms with Gasteiger partial charge in [-0.15, -0.1) is 10.2 Å². The van der Waals surface area contributed by atoms with Crippen molar-refractivity contribution in [1.82, 2.24) is 19.8 Å². The smallest absolute Gasteiger partial charge is 0.234 e. The van der Waals surface area contributed by atoms with Crippen LogP contribution in [0.15, 0.2) is 24.3 Å². The standard InChI is InChI=1S/C12H13N5S/c1-8-16-17-11(14-15-12(17)18-8)10-4-2-9(3-5-10)6-7-13/h2-5H,6-7,13H2,1H3. The number of aryl methyl sites for hydroxylation is 1. The van der Waals surface area contributed by atoms with Gasteiger partial charge < -0.3 is 5.73 Å². The minimum atomic E-state index is 0.666. The van der Waals surface area contributed by atoms with Crippen molar-refractivity contribution >= 4 is 16.3 Å². The molecule has 92 valence electrons. The molecule has 5 nitrogen and oxygen atoms in total. The third-order valence-electron chi connectivity index (χ3n) is 2.74. The zero-order chi connectivity index (χ0) is 12.5. The van der Waals surface area contributed by atoms with Crippen molar-refractivity contribution in [2.45, 2.75) is 13.3 Å². The summed E-state index contributed by atoms with van der Waals surface area (Å²) in [7, 11) is 0. The van der Waals surface area contributed by atoms with Gasteiger partial charge in [0.1, 0.15) is 5.01 Å². The molecule has 0 spiro atoms. The van der Waals surface area contributed by atoms with E-state index in [9.17, 15) is 0 Å². The average Bonchev–Trinajstić information content (AvgIpc) is 2.89. The van der Waals surface area contributed by atoms with Gasteiger partial charge in [-0.25, -0.2) is 0 Å². The molecule has 0 amide bonds. The molecule has 18 heavy (non-hydrogen) atoms. The maximum absolute atomic E-state index is 5.54. The van der Waals surface area contributed by atoms with Gasteiger partial charge in [-0.2, -0.15) is 9.61 Å². The second kappa shape index (κ2) is 4.47. The number of nitrogens with two attached hydrogens (primary N) is 1. The van der Waals surface area contributed by atoms with E-state index in [0.717, 1.165) is 27.8 Å². The van der Waals surface area contributed by atoms with E-state index in [2.05, 4.69) is 27.4 Å². The highest BCUT2D eigenvalue weighted by atomic mass is 32.1. The molecule has 2 aromatic heterocycles. The van der Waals surface area contributed by atoms with E-state index in [0.29, 0.717) is 6.54 Å². The Bertz CT molecular complexity index is 667. The summed E-state index contributed by atoms with van der Waals surface area (Å²) < 4.78 is 1.79.